The molecular weight excluding hydrogens is 601 g/mol. The van der Waals surface area contributed by atoms with Crippen LogP contribution in [0.3, 0.4) is 0 Å². The van der Waals surface area contributed by atoms with Gasteiger partial charge in [0.1, 0.15) is 0 Å². The predicted molar refractivity (Wildman–Crippen MR) is 233 cm³/mol. The predicted octanol–water partition coefficient (Wildman–Crippen LogP) is 19.6. The van der Waals surface area contributed by atoms with Crippen molar-refractivity contribution < 1.29 is 0 Å². The number of hydrogen-bond acceptors (Lipinski definition) is 0. The maximum Gasteiger partial charge on any atom is -0.0443 e. The Morgan fingerprint density at radius 2 is 0.300 bits per heavy atom. The van der Waals surface area contributed by atoms with E-state index in [1.165, 1.54) is 295 Å². The second kappa shape index (κ2) is 47.0. The maximum atomic E-state index is 2.52. The van der Waals surface area contributed by atoms with Crippen molar-refractivity contribution in [2.75, 3.05) is 0 Å². The Morgan fingerprint density at radius 3 is 0.440 bits per heavy atom. The topological polar surface area (TPSA) is 0 Å². The first-order valence-corrected chi connectivity index (χ1v) is 24.8. The third kappa shape index (κ3) is 46.0. The van der Waals surface area contributed by atoms with E-state index in [0.717, 1.165) is 5.92 Å². The van der Waals surface area contributed by atoms with Gasteiger partial charge >= 0.3 is 0 Å². The van der Waals surface area contributed by atoms with Crippen molar-refractivity contribution in [1.29, 1.82) is 0 Å². The Bertz CT molecular complexity index is 550. The molecule has 0 aliphatic rings. The summed E-state index contributed by atoms with van der Waals surface area (Å²) in [5.74, 6) is 0.963. The van der Waals surface area contributed by atoms with Gasteiger partial charge in [-0.3, -0.25) is 0 Å². The average Bonchev–Trinajstić information content (AvgIpc) is 3.12. The first kappa shape index (κ1) is 50.0. The molecular formula is C50H102. The van der Waals surface area contributed by atoms with E-state index in [9.17, 15) is 0 Å². The molecule has 50 heavy (non-hydrogen) atoms. The summed E-state index contributed by atoms with van der Waals surface area (Å²) in [7, 11) is 0. The molecule has 0 fully saturated rings. The van der Waals surface area contributed by atoms with Crippen molar-refractivity contribution in [3.63, 3.8) is 0 Å². The second-order valence-corrected chi connectivity index (χ2v) is 17.5. The van der Waals surface area contributed by atoms with Crippen LogP contribution in [-0.4, -0.2) is 0 Å². The van der Waals surface area contributed by atoms with Crippen molar-refractivity contribution in [2.45, 2.75) is 316 Å². The Morgan fingerprint density at radius 1 is 0.180 bits per heavy atom. The number of hydrogen-bond donors (Lipinski definition) is 0. The van der Waals surface area contributed by atoms with Gasteiger partial charge in [0, 0.05) is 0 Å². The van der Waals surface area contributed by atoms with Crippen molar-refractivity contribution >= 4 is 0 Å². The highest BCUT2D eigenvalue weighted by Gasteiger charge is 2.03. The minimum absolute atomic E-state index is 0.963. The molecule has 302 valence electrons. The highest BCUT2D eigenvalue weighted by atomic mass is 14.1. The monoisotopic (exact) mass is 703 g/mol. The van der Waals surface area contributed by atoms with Gasteiger partial charge in [-0.1, -0.05) is 316 Å². The van der Waals surface area contributed by atoms with Crippen molar-refractivity contribution in [1.82, 2.24) is 0 Å². The van der Waals surface area contributed by atoms with E-state index < -0.39 is 0 Å². The lowest BCUT2D eigenvalue weighted by Gasteiger charge is -2.11. The quantitative estimate of drug-likeness (QED) is 0.0554. The third-order valence-corrected chi connectivity index (χ3v) is 12.1. The SMILES string of the molecule is CCCCCCCCCCCCCCCCCCCCCCCCCCC(C)CCCCCCCCCCCCCCCCCCCCCC. The van der Waals surface area contributed by atoms with Crippen LogP contribution in [-0.2, 0) is 0 Å². The second-order valence-electron chi connectivity index (χ2n) is 17.5. The van der Waals surface area contributed by atoms with Gasteiger partial charge in [0.25, 0.3) is 0 Å². The fourth-order valence-electron chi connectivity index (χ4n) is 8.35. The molecule has 0 spiro atoms. The lowest BCUT2D eigenvalue weighted by molar-refractivity contribution is 0.429. The summed E-state index contributed by atoms with van der Waals surface area (Å²) in [6.07, 6.45) is 68.2. The molecule has 0 saturated heterocycles. The van der Waals surface area contributed by atoms with Crippen LogP contribution in [0.4, 0.5) is 0 Å². The van der Waals surface area contributed by atoms with Crippen LogP contribution in [0, 0.1) is 5.92 Å². The standard InChI is InChI=1S/C50H102/c1-4-6-8-10-12-14-16-18-20-22-24-26-27-28-29-31-33-35-37-39-41-43-45-47-49-50(3)48-46-44-42-40-38-36-34-32-30-25-23-21-19-17-15-13-11-9-7-5-2/h50H,4-49H2,1-3H3. The fourth-order valence-corrected chi connectivity index (χ4v) is 8.35. The highest BCUT2D eigenvalue weighted by molar-refractivity contribution is 4.57. The molecule has 0 heteroatoms. The van der Waals surface area contributed by atoms with Gasteiger partial charge in [0.05, 0.1) is 0 Å². The zero-order chi connectivity index (χ0) is 36.1. The maximum absolute atomic E-state index is 2.52. The minimum atomic E-state index is 0.963. The highest BCUT2D eigenvalue weighted by Crippen LogP contribution is 2.20. The van der Waals surface area contributed by atoms with Crippen LogP contribution in [0.2, 0.25) is 0 Å². The first-order chi connectivity index (χ1) is 24.8. The smallest absolute Gasteiger partial charge is 0.0443 e. The minimum Gasteiger partial charge on any atom is -0.0654 e. The van der Waals surface area contributed by atoms with Crippen LogP contribution in [0.1, 0.15) is 316 Å². The molecule has 0 aliphatic carbocycles. The summed E-state index contributed by atoms with van der Waals surface area (Å²) in [4.78, 5) is 0. The van der Waals surface area contributed by atoms with E-state index in [1.54, 1.807) is 0 Å². The summed E-state index contributed by atoms with van der Waals surface area (Å²) in [6.45, 7) is 7.15. The molecule has 0 aliphatic heterocycles. The molecule has 0 amide bonds. The van der Waals surface area contributed by atoms with Crippen LogP contribution in [0.15, 0.2) is 0 Å². The molecule has 0 nitrogen and oxygen atoms in total. The molecule has 0 N–H and O–H groups in total. The summed E-state index contributed by atoms with van der Waals surface area (Å²) >= 11 is 0. The van der Waals surface area contributed by atoms with E-state index in [2.05, 4.69) is 20.8 Å². The summed E-state index contributed by atoms with van der Waals surface area (Å²) in [5.41, 5.74) is 0. The average molecular weight is 703 g/mol. The van der Waals surface area contributed by atoms with Crippen LogP contribution < -0.4 is 0 Å². The Labute approximate surface area is 321 Å². The zero-order valence-corrected chi connectivity index (χ0v) is 36.1. The summed E-state index contributed by atoms with van der Waals surface area (Å²) in [6, 6.07) is 0. The van der Waals surface area contributed by atoms with Gasteiger partial charge in [-0.2, -0.15) is 0 Å². The van der Waals surface area contributed by atoms with Crippen molar-refractivity contribution in [2.24, 2.45) is 5.92 Å². The van der Waals surface area contributed by atoms with E-state index in [4.69, 9.17) is 0 Å². The van der Waals surface area contributed by atoms with Crippen molar-refractivity contribution in [3.8, 4) is 0 Å². The Kier molecular flexibility index (Phi) is 47.0. The van der Waals surface area contributed by atoms with Gasteiger partial charge in [0.2, 0.25) is 0 Å². The van der Waals surface area contributed by atoms with E-state index in [-0.39, 0.29) is 0 Å². The van der Waals surface area contributed by atoms with Gasteiger partial charge in [-0.05, 0) is 5.92 Å². The lowest BCUT2D eigenvalue weighted by atomic mass is 9.95. The van der Waals surface area contributed by atoms with Crippen LogP contribution in [0.25, 0.3) is 0 Å². The van der Waals surface area contributed by atoms with Crippen LogP contribution >= 0.6 is 0 Å². The number of rotatable bonds is 46. The zero-order valence-electron chi connectivity index (χ0n) is 36.1. The van der Waals surface area contributed by atoms with Gasteiger partial charge in [0.15, 0.2) is 0 Å². The third-order valence-electron chi connectivity index (χ3n) is 12.1. The largest absolute Gasteiger partial charge is 0.0654 e. The molecule has 0 radical (unpaired) electrons. The van der Waals surface area contributed by atoms with E-state index >= 15 is 0 Å². The summed E-state index contributed by atoms with van der Waals surface area (Å²) in [5, 5.41) is 0. The Balaban J connectivity index is 3.13. The molecule has 0 rings (SSSR count). The fraction of sp³-hybridized carbons (Fsp3) is 1.00. The van der Waals surface area contributed by atoms with E-state index in [1.807, 2.05) is 0 Å². The van der Waals surface area contributed by atoms with E-state index in [0.29, 0.717) is 0 Å². The molecule has 0 aromatic carbocycles. The van der Waals surface area contributed by atoms with Gasteiger partial charge in [-0.15, -0.1) is 0 Å². The Hall–Kier alpha value is 0. The van der Waals surface area contributed by atoms with Gasteiger partial charge in [-0.25, -0.2) is 0 Å². The molecule has 0 aromatic rings. The molecule has 1 unspecified atom stereocenters. The summed E-state index contributed by atoms with van der Waals surface area (Å²) < 4.78 is 0. The van der Waals surface area contributed by atoms with Crippen LogP contribution in [0.5, 0.6) is 0 Å². The van der Waals surface area contributed by atoms with Gasteiger partial charge < -0.3 is 0 Å². The first-order valence-electron chi connectivity index (χ1n) is 24.8. The number of unbranched alkanes of at least 4 members (excludes halogenated alkanes) is 42. The normalized spacial score (nSPS) is 12.3. The van der Waals surface area contributed by atoms with Crippen molar-refractivity contribution in [3.05, 3.63) is 0 Å². The molecule has 0 bridgehead atoms. The molecule has 0 saturated carbocycles. The molecule has 0 aromatic heterocycles. The molecule has 1 atom stereocenters. The lowest BCUT2D eigenvalue weighted by Crippen LogP contribution is -1.95. The molecule has 0 heterocycles.